The second kappa shape index (κ2) is 4.63. The topological polar surface area (TPSA) is 15.3 Å². The first-order valence-electron chi connectivity index (χ1n) is 6.26. The summed E-state index contributed by atoms with van der Waals surface area (Å²) in [6.45, 7) is 7.30. The van der Waals surface area contributed by atoms with E-state index < -0.39 is 0 Å². The van der Waals surface area contributed by atoms with E-state index in [0.717, 1.165) is 18.1 Å². The van der Waals surface area contributed by atoms with Crippen LogP contribution in [0.15, 0.2) is 0 Å². The fraction of sp³-hybridized carbons (Fsp3) is 1.00. The molecule has 2 aliphatic rings. The zero-order chi connectivity index (χ0) is 9.97. The fourth-order valence-electron chi connectivity index (χ4n) is 3.00. The van der Waals surface area contributed by atoms with E-state index in [1.807, 2.05) is 0 Å². The molecule has 0 aromatic carbocycles. The lowest BCUT2D eigenvalue weighted by molar-refractivity contribution is 0.0936. The molecule has 0 saturated carbocycles. The molecule has 2 aliphatic heterocycles. The molecule has 0 aliphatic carbocycles. The lowest BCUT2D eigenvalue weighted by atomic mass is 9.96. The van der Waals surface area contributed by atoms with Gasteiger partial charge in [0.25, 0.3) is 0 Å². The van der Waals surface area contributed by atoms with Crippen molar-refractivity contribution in [3.05, 3.63) is 0 Å². The first-order chi connectivity index (χ1) is 6.77. The maximum absolute atomic E-state index is 3.60. The summed E-state index contributed by atoms with van der Waals surface area (Å²) < 4.78 is 0. The van der Waals surface area contributed by atoms with Gasteiger partial charge in [-0.1, -0.05) is 6.42 Å². The van der Waals surface area contributed by atoms with Gasteiger partial charge in [0.05, 0.1) is 0 Å². The highest BCUT2D eigenvalue weighted by atomic mass is 15.2. The highest BCUT2D eigenvalue weighted by Crippen LogP contribution is 2.23. The van der Waals surface area contributed by atoms with Crippen molar-refractivity contribution in [2.24, 2.45) is 0 Å². The summed E-state index contributed by atoms with van der Waals surface area (Å²) in [5.41, 5.74) is 0. The van der Waals surface area contributed by atoms with Crippen molar-refractivity contribution in [1.82, 2.24) is 10.2 Å². The molecule has 1 N–H and O–H groups in total. The summed E-state index contributed by atoms with van der Waals surface area (Å²) in [6.07, 6.45) is 6.99. The SMILES string of the molecule is C[C@H]1CCC[C@H](C)N1C[C@@H]1CCCN1. The number of hydrogen-bond acceptors (Lipinski definition) is 2. The van der Waals surface area contributed by atoms with Crippen molar-refractivity contribution < 1.29 is 0 Å². The van der Waals surface area contributed by atoms with Crippen LogP contribution >= 0.6 is 0 Å². The second-order valence-electron chi connectivity index (χ2n) is 5.12. The first-order valence-corrected chi connectivity index (χ1v) is 6.26. The lowest BCUT2D eigenvalue weighted by Gasteiger charge is -2.40. The Morgan fingerprint density at radius 2 is 1.79 bits per heavy atom. The highest BCUT2D eigenvalue weighted by Gasteiger charge is 2.27. The van der Waals surface area contributed by atoms with Gasteiger partial charge in [0.1, 0.15) is 0 Å². The van der Waals surface area contributed by atoms with E-state index >= 15 is 0 Å². The molecule has 0 spiro atoms. The van der Waals surface area contributed by atoms with Crippen molar-refractivity contribution in [2.75, 3.05) is 13.1 Å². The standard InChI is InChI=1S/C12H24N2/c1-10-5-3-6-11(2)14(10)9-12-7-4-8-13-12/h10-13H,3-9H2,1-2H3/t10-,11-,12-/m0/s1. The summed E-state index contributed by atoms with van der Waals surface area (Å²) in [6, 6.07) is 2.39. The average molecular weight is 196 g/mol. The zero-order valence-corrected chi connectivity index (χ0v) is 9.63. The van der Waals surface area contributed by atoms with Gasteiger partial charge in [0.2, 0.25) is 0 Å². The van der Waals surface area contributed by atoms with Crippen molar-refractivity contribution in [3.63, 3.8) is 0 Å². The van der Waals surface area contributed by atoms with Crippen LogP contribution in [-0.4, -0.2) is 36.1 Å². The lowest BCUT2D eigenvalue weighted by Crippen LogP contribution is -2.49. The van der Waals surface area contributed by atoms with Crippen molar-refractivity contribution in [3.8, 4) is 0 Å². The Kier molecular flexibility index (Phi) is 3.45. The van der Waals surface area contributed by atoms with E-state index in [-0.39, 0.29) is 0 Å². The summed E-state index contributed by atoms with van der Waals surface area (Å²) in [5, 5.41) is 3.60. The number of piperidine rings is 1. The van der Waals surface area contributed by atoms with Crippen molar-refractivity contribution >= 4 is 0 Å². The molecule has 14 heavy (non-hydrogen) atoms. The van der Waals surface area contributed by atoms with Crippen molar-refractivity contribution in [2.45, 2.75) is 64.1 Å². The molecule has 2 saturated heterocycles. The van der Waals surface area contributed by atoms with E-state index in [9.17, 15) is 0 Å². The van der Waals surface area contributed by atoms with E-state index in [1.165, 1.54) is 45.2 Å². The predicted molar refractivity (Wildman–Crippen MR) is 60.5 cm³/mol. The van der Waals surface area contributed by atoms with Crippen LogP contribution in [0.3, 0.4) is 0 Å². The number of likely N-dealkylation sites (tertiary alicyclic amines) is 1. The molecule has 0 aromatic rings. The normalized spacial score (nSPS) is 40.3. The maximum atomic E-state index is 3.60. The molecule has 2 fully saturated rings. The number of nitrogens with one attached hydrogen (secondary N) is 1. The van der Waals surface area contributed by atoms with Crippen LogP contribution in [0.2, 0.25) is 0 Å². The Morgan fingerprint density at radius 1 is 1.07 bits per heavy atom. The summed E-state index contributed by atoms with van der Waals surface area (Å²) >= 11 is 0. The predicted octanol–water partition coefficient (Wildman–Crippen LogP) is 2.00. The van der Waals surface area contributed by atoms with Crippen LogP contribution in [0.4, 0.5) is 0 Å². The fourth-order valence-corrected chi connectivity index (χ4v) is 3.00. The van der Waals surface area contributed by atoms with Gasteiger partial charge in [0.15, 0.2) is 0 Å². The van der Waals surface area contributed by atoms with E-state index in [4.69, 9.17) is 0 Å². The summed E-state index contributed by atoms with van der Waals surface area (Å²) in [4.78, 5) is 2.71. The van der Waals surface area contributed by atoms with Gasteiger partial charge in [0, 0.05) is 24.7 Å². The van der Waals surface area contributed by atoms with Gasteiger partial charge < -0.3 is 5.32 Å². The Labute approximate surface area is 88.1 Å². The quantitative estimate of drug-likeness (QED) is 0.726. The van der Waals surface area contributed by atoms with Gasteiger partial charge in [-0.25, -0.2) is 0 Å². The molecule has 0 bridgehead atoms. The Balaban J connectivity index is 1.86. The van der Waals surface area contributed by atoms with Crippen molar-refractivity contribution in [1.29, 1.82) is 0 Å². The molecular formula is C12H24N2. The third-order valence-corrected chi connectivity index (χ3v) is 3.97. The summed E-state index contributed by atoms with van der Waals surface area (Å²) in [7, 11) is 0. The monoisotopic (exact) mass is 196 g/mol. The maximum Gasteiger partial charge on any atom is 0.0195 e. The molecule has 3 atom stereocenters. The van der Waals surface area contributed by atoms with Crippen LogP contribution in [0.1, 0.15) is 46.0 Å². The molecule has 82 valence electrons. The number of rotatable bonds is 2. The number of nitrogens with zero attached hydrogens (tertiary/aromatic N) is 1. The van der Waals surface area contributed by atoms with Gasteiger partial charge >= 0.3 is 0 Å². The van der Waals surface area contributed by atoms with Crippen LogP contribution in [-0.2, 0) is 0 Å². The number of hydrogen-bond donors (Lipinski definition) is 1. The second-order valence-corrected chi connectivity index (χ2v) is 5.12. The smallest absolute Gasteiger partial charge is 0.0195 e. The van der Waals surface area contributed by atoms with Crippen LogP contribution in [0.25, 0.3) is 0 Å². The molecule has 2 rings (SSSR count). The minimum absolute atomic E-state index is 0.776. The Bertz CT molecular complexity index is 165. The summed E-state index contributed by atoms with van der Waals surface area (Å²) in [5.74, 6) is 0. The molecule has 0 aromatic heterocycles. The van der Waals surface area contributed by atoms with Gasteiger partial charge in [-0.2, -0.15) is 0 Å². The van der Waals surface area contributed by atoms with Gasteiger partial charge in [-0.15, -0.1) is 0 Å². The molecule has 2 heterocycles. The molecule has 0 amide bonds. The molecule has 0 unspecified atom stereocenters. The molecule has 0 radical (unpaired) electrons. The van der Waals surface area contributed by atoms with Crippen LogP contribution in [0, 0.1) is 0 Å². The van der Waals surface area contributed by atoms with E-state index in [2.05, 4.69) is 24.1 Å². The average Bonchev–Trinajstić information content (AvgIpc) is 2.64. The van der Waals surface area contributed by atoms with Gasteiger partial charge in [-0.05, 0) is 46.1 Å². The van der Waals surface area contributed by atoms with E-state index in [1.54, 1.807) is 0 Å². The molecule has 2 heteroatoms. The third kappa shape index (κ3) is 2.29. The third-order valence-electron chi connectivity index (χ3n) is 3.97. The Morgan fingerprint density at radius 3 is 2.36 bits per heavy atom. The highest BCUT2D eigenvalue weighted by molar-refractivity contribution is 4.85. The zero-order valence-electron chi connectivity index (χ0n) is 9.63. The van der Waals surface area contributed by atoms with Crippen LogP contribution in [0.5, 0.6) is 0 Å². The Hall–Kier alpha value is -0.0800. The molecule has 2 nitrogen and oxygen atoms in total. The van der Waals surface area contributed by atoms with Gasteiger partial charge in [-0.3, -0.25) is 4.90 Å². The largest absolute Gasteiger partial charge is 0.313 e. The molecular weight excluding hydrogens is 172 g/mol. The van der Waals surface area contributed by atoms with E-state index in [0.29, 0.717) is 0 Å². The first kappa shape index (κ1) is 10.4. The minimum Gasteiger partial charge on any atom is -0.313 e. The van der Waals surface area contributed by atoms with Crippen LogP contribution < -0.4 is 5.32 Å². The minimum atomic E-state index is 0.776.